The number of benzene rings is 3. The molecule has 2 N–H and O–H groups in total. The van der Waals surface area contributed by atoms with Crippen LogP contribution in [0.4, 0.5) is 25.4 Å². The number of anilines is 2. The highest BCUT2D eigenvalue weighted by Gasteiger charge is 2.38. The predicted octanol–water partition coefficient (Wildman–Crippen LogP) is 6.58. The van der Waals surface area contributed by atoms with Crippen LogP contribution in [0.1, 0.15) is 56.3 Å². The van der Waals surface area contributed by atoms with Crippen LogP contribution < -0.4 is 35.6 Å². The van der Waals surface area contributed by atoms with Gasteiger partial charge in [0.05, 0.1) is 49.9 Å². The number of fused-ring (bicyclic) bond motifs is 1. The van der Waals surface area contributed by atoms with Crippen LogP contribution in [0.15, 0.2) is 65.5 Å². The molecule has 3 aromatic carbocycles. The molecule has 0 radical (unpaired) electrons. The Morgan fingerprint density at radius 2 is 1.61 bits per heavy atom. The number of piperazine rings is 1. The summed E-state index contributed by atoms with van der Waals surface area (Å²) >= 11 is 6.35. The zero-order chi connectivity index (χ0) is 39.5. The summed E-state index contributed by atoms with van der Waals surface area (Å²) in [5.41, 5.74) is -1.47. The van der Waals surface area contributed by atoms with Crippen molar-refractivity contribution >= 4 is 51.9 Å². The first kappa shape index (κ1) is 39.6. The SMILES string of the molecule is COc1ccc(N(C(=O)Nc2ccc(F)cc2)C(C)c2nc3cc(Cl)ccc3c(=O)n2N2CCN(C(=O)C(C)(C)NC(=O)OC(C)(C)C)CC2)c(OC)c1.[HH].[HH]. The van der Waals surface area contributed by atoms with Crippen LogP contribution in [-0.2, 0) is 9.53 Å². The van der Waals surface area contributed by atoms with Gasteiger partial charge >= 0.3 is 12.1 Å². The number of urea groups is 1. The molecule has 0 bridgehead atoms. The Kier molecular flexibility index (Phi) is 11.6. The monoisotopic (exact) mass is 769 g/mol. The van der Waals surface area contributed by atoms with E-state index >= 15 is 0 Å². The highest BCUT2D eigenvalue weighted by molar-refractivity contribution is 6.31. The summed E-state index contributed by atoms with van der Waals surface area (Å²) in [5.74, 6) is 0.171. The van der Waals surface area contributed by atoms with Gasteiger partial charge in [0.1, 0.15) is 28.5 Å². The van der Waals surface area contributed by atoms with Crippen molar-refractivity contribution in [2.45, 2.75) is 58.7 Å². The highest BCUT2D eigenvalue weighted by Crippen LogP contribution is 2.37. The molecule has 1 fully saturated rings. The Balaban J connectivity index is 0.00000420. The Morgan fingerprint density at radius 3 is 2.22 bits per heavy atom. The molecule has 1 aromatic heterocycles. The van der Waals surface area contributed by atoms with E-state index < -0.39 is 40.7 Å². The maximum atomic E-state index is 14.4. The van der Waals surface area contributed by atoms with E-state index in [1.807, 2.05) is 0 Å². The molecule has 1 aliphatic heterocycles. The van der Waals surface area contributed by atoms with Gasteiger partial charge in [0.15, 0.2) is 5.82 Å². The quantitative estimate of drug-likeness (QED) is 0.193. The number of hydrogen-bond acceptors (Lipinski definition) is 9. The Morgan fingerprint density at radius 1 is 0.944 bits per heavy atom. The highest BCUT2D eigenvalue weighted by atomic mass is 35.5. The van der Waals surface area contributed by atoms with E-state index in [0.717, 1.165) is 0 Å². The Hall–Kier alpha value is -5.57. The van der Waals surface area contributed by atoms with Gasteiger partial charge in [0, 0.05) is 32.7 Å². The van der Waals surface area contributed by atoms with Crippen LogP contribution in [0.3, 0.4) is 0 Å². The van der Waals surface area contributed by atoms with Crippen LogP contribution in [0, 0.1) is 5.82 Å². The molecule has 1 unspecified atom stereocenters. The molecule has 1 saturated heterocycles. The molecule has 54 heavy (non-hydrogen) atoms. The second-order valence-corrected chi connectivity index (χ2v) is 14.7. The number of aromatic nitrogens is 2. The third-order valence-corrected chi connectivity index (χ3v) is 8.97. The van der Waals surface area contributed by atoms with Gasteiger partial charge in [-0.25, -0.2) is 23.6 Å². The molecule has 1 aliphatic rings. The summed E-state index contributed by atoms with van der Waals surface area (Å²) in [7, 11) is 2.96. The van der Waals surface area contributed by atoms with Gasteiger partial charge in [0.25, 0.3) is 5.56 Å². The van der Waals surface area contributed by atoms with E-state index in [1.54, 1.807) is 87.8 Å². The molecule has 4 amide bonds. The molecular formula is C38H49ClFN7O7. The number of nitrogens with one attached hydrogen (secondary N) is 2. The molecule has 0 saturated carbocycles. The van der Waals surface area contributed by atoms with Gasteiger partial charge in [-0.3, -0.25) is 14.5 Å². The van der Waals surface area contributed by atoms with Crippen molar-refractivity contribution in [1.82, 2.24) is 19.9 Å². The average Bonchev–Trinajstić information content (AvgIpc) is 3.11. The maximum Gasteiger partial charge on any atom is 0.408 e. The second-order valence-electron chi connectivity index (χ2n) is 14.3. The molecule has 16 heteroatoms. The molecular weight excluding hydrogens is 721 g/mol. The number of alkyl carbamates (subject to hydrolysis) is 1. The van der Waals surface area contributed by atoms with Crippen LogP contribution >= 0.6 is 11.6 Å². The molecule has 1 atom stereocenters. The molecule has 2 heterocycles. The van der Waals surface area contributed by atoms with E-state index in [4.69, 9.17) is 30.8 Å². The lowest BCUT2D eigenvalue weighted by molar-refractivity contribution is -0.137. The largest absolute Gasteiger partial charge is 0.497 e. The van der Waals surface area contributed by atoms with E-state index in [0.29, 0.717) is 38.8 Å². The Labute approximate surface area is 320 Å². The van der Waals surface area contributed by atoms with Crippen LogP contribution in [0.25, 0.3) is 10.9 Å². The fourth-order valence-corrected chi connectivity index (χ4v) is 6.29. The van der Waals surface area contributed by atoms with Gasteiger partial charge < -0.3 is 34.8 Å². The summed E-state index contributed by atoms with van der Waals surface area (Å²) in [6, 6.07) is 13.4. The standard InChI is InChI=1S/C38H45ClFN7O7.2H2/c1-23(46(30-16-14-27(52-7)22-31(30)53-8)35(50)41-26-12-10-25(40)11-13-26)32-42-29-21-24(39)9-15-28(29)33(48)47(32)45-19-17-44(18-20-45)34(49)38(5,6)43-36(51)54-37(2,3)4;;/h9-16,21-23H,17-20H2,1-8H3,(H,41,50)(H,43,51);2*1H. The number of amides is 4. The van der Waals surface area contributed by atoms with Gasteiger partial charge in [-0.05, 0) is 96.1 Å². The summed E-state index contributed by atoms with van der Waals surface area (Å²) in [4.78, 5) is 62.8. The zero-order valence-corrected chi connectivity index (χ0v) is 32.3. The second kappa shape index (κ2) is 15.8. The van der Waals surface area contributed by atoms with E-state index in [9.17, 15) is 23.6 Å². The number of rotatable bonds is 9. The number of halogens is 2. The topological polar surface area (TPSA) is 148 Å². The minimum atomic E-state index is -1.28. The molecule has 5 rings (SSSR count). The van der Waals surface area contributed by atoms with Crippen LogP contribution in [-0.4, -0.2) is 84.1 Å². The summed E-state index contributed by atoms with van der Waals surface area (Å²) in [6.45, 7) is 11.0. The minimum absolute atomic E-state index is 0. The van der Waals surface area contributed by atoms with Gasteiger partial charge in [-0.2, -0.15) is 0 Å². The minimum Gasteiger partial charge on any atom is -0.497 e. The average molecular weight is 770 g/mol. The first-order valence-corrected chi connectivity index (χ1v) is 17.7. The maximum absolute atomic E-state index is 14.4. The molecule has 4 aromatic rings. The molecule has 292 valence electrons. The third kappa shape index (κ3) is 8.79. The number of carbonyl (C=O) groups is 3. The van der Waals surface area contributed by atoms with Crippen molar-refractivity contribution in [3.63, 3.8) is 0 Å². The van der Waals surface area contributed by atoms with Crippen molar-refractivity contribution in [2.75, 3.05) is 55.6 Å². The number of hydrogen-bond donors (Lipinski definition) is 2. The smallest absolute Gasteiger partial charge is 0.408 e. The van der Waals surface area contributed by atoms with Gasteiger partial charge in [0.2, 0.25) is 5.91 Å². The fourth-order valence-electron chi connectivity index (χ4n) is 6.13. The third-order valence-electron chi connectivity index (χ3n) is 8.73. The zero-order valence-electron chi connectivity index (χ0n) is 31.5. The summed E-state index contributed by atoms with van der Waals surface area (Å²) in [5, 5.41) is 7.91. The summed E-state index contributed by atoms with van der Waals surface area (Å²) < 4.78 is 31.7. The number of nitrogens with zero attached hydrogens (tertiary/aromatic N) is 5. The lowest BCUT2D eigenvalue weighted by Crippen LogP contribution is -2.62. The molecule has 14 nitrogen and oxygen atoms in total. The van der Waals surface area contributed by atoms with Crippen molar-refractivity contribution < 1.29 is 35.8 Å². The normalized spacial score (nSPS) is 14.0. The van der Waals surface area contributed by atoms with E-state index in [2.05, 4.69) is 10.6 Å². The van der Waals surface area contributed by atoms with Crippen molar-refractivity contribution in [3.05, 3.63) is 87.7 Å². The van der Waals surface area contributed by atoms with E-state index in [-0.39, 0.29) is 40.8 Å². The first-order valence-electron chi connectivity index (χ1n) is 17.3. The van der Waals surface area contributed by atoms with Crippen molar-refractivity contribution in [1.29, 1.82) is 0 Å². The van der Waals surface area contributed by atoms with Gasteiger partial charge in [-0.1, -0.05) is 11.6 Å². The lowest BCUT2D eigenvalue weighted by atomic mass is 10.0. The van der Waals surface area contributed by atoms with Crippen LogP contribution in [0.5, 0.6) is 11.5 Å². The van der Waals surface area contributed by atoms with Crippen LogP contribution in [0.2, 0.25) is 5.02 Å². The fraction of sp³-hybridized carbons (Fsp3) is 0.395. The first-order chi connectivity index (χ1) is 25.4. The summed E-state index contributed by atoms with van der Waals surface area (Å²) in [6.07, 6.45) is -0.714. The van der Waals surface area contributed by atoms with Crippen molar-refractivity contribution in [3.8, 4) is 11.5 Å². The Bertz CT molecular complexity index is 2110. The number of carbonyl (C=O) groups excluding carboxylic acids is 3. The van der Waals surface area contributed by atoms with E-state index in [1.165, 1.54) is 48.1 Å². The predicted molar refractivity (Wildman–Crippen MR) is 209 cm³/mol. The lowest BCUT2D eigenvalue weighted by Gasteiger charge is -2.41. The van der Waals surface area contributed by atoms with Crippen molar-refractivity contribution in [2.24, 2.45) is 0 Å². The molecule has 0 aliphatic carbocycles. The molecule has 0 spiro atoms. The number of ether oxygens (including phenoxy) is 3. The van der Waals surface area contributed by atoms with Gasteiger partial charge in [-0.15, -0.1) is 0 Å². The number of methoxy groups -OCH3 is 2.